The zero-order valence-corrected chi connectivity index (χ0v) is 13.1. The molecule has 0 aromatic heterocycles. The number of amides is 2. The van der Waals surface area contributed by atoms with Gasteiger partial charge in [-0.05, 0) is 59.3 Å². The molecule has 5 heteroatoms. The Labute approximate surface area is 131 Å². The Morgan fingerprint density at radius 3 is 2.35 bits per heavy atom. The molecule has 4 nitrogen and oxygen atoms in total. The van der Waals surface area contributed by atoms with Crippen molar-refractivity contribution in [3.8, 4) is 0 Å². The van der Waals surface area contributed by atoms with Crippen LogP contribution in [0.25, 0.3) is 0 Å². The normalized spacial score (nSPS) is 11.0. The Bertz CT molecular complexity index is 609. The van der Waals surface area contributed by atoms with Crippen molar-refractivity contribution in [1.29, 1.82) is 0 Å². The molecule has 0 saturated carbocycles. The summed E-state index contributed by atoms with van der Waals surface area (Å²) in [6.07, 6.45) is 0. The molecule has 2 aromatic carbocycles. The maximum absolute atomic E-state index is 11.7. The van der Waals surface area contributed by atoms with Gasteiger partial charge in [0.15, 0.2) is 0 Å². The van der Waals surface area contributed by atoms with Crippen LogP contribution in [0.3, 0.4) is 0 Å². The Morgan fingerprint density at radius 2 is 1.70 bits per heavy atom. The molecule has 2 N–H and O–H groups in total. The molecule has 102 valence electrons. The maximum Gasteiger partial charge on any atom is 0.339 e. The van der Waals surface area contributed by atoms with Crippen molar-refractivity contribution in [2.24, 2.45) is 5.10 Å². The van der Waals surface area contributed by atoms with E-state index in [2.05, 4.69) is 38.4 Å². The molecule has 0 aliphatic heterocycles. The number of urea groups is 1. The first kappa shape index (κ1) is 14.5. The summed E-state index contributed by atoms with van der Waals surface area (Å²) >= 11 is 2.24. The zero-order valence-electron chi connectivity index (χ0n) is 10.9. The highest BCUT2D eigenvalue weighted by molar-refractivity contribution is 14.1. The van der Waals surface area contributed by atoms with Crippen molar-refractivity contribution in [3.63, 3.8) is 0 Å². The highest BCUT2D eigenvalue weighted by Crippen LogP contribution is 2.08. The fraction of sp³-hybridized carbons (Fsp3) is 0.0667. The number of hydrogen-bond donors (Lipinski definition) is 2. The summed E-state index contributed by atoms with van der Waals surface area (Å²) in [5.74, 6) is 0. The van der Waals surface area contributed by atoms with Gasteiger partial charge in [-0.3, -0.25) is 0 Å². The van der Waals surface area contributed by atoms with Crippen LogP contribution in [0.4, 0.5) is 10.5 Å². The SMILES string of the molecule is C/C(=N/NC(=O)Nc1ccccc1)c1ccc(I)cc1. The molecule has 20 heavy (non-hydrogen) atoms. The summed E-state index contributed by atoms with van der Waals surface area (Å²) < 4.78 is 1.16. The van der Waals surface area contributed by atoms with Gasteiger partial charge in [0, 0.05) is 9.26 Å². The number of nitrogens with zero attached hydrogens (tertiary/aromatic N) is 1. The number of carbonyl (C=O) groups excluding carboxylic acids is 1. The van der Waals surface area contributed by atoms with Crippen LogP contribution in [0.5, 0.6) is 0 Å². The third kappa shape index (κ3) is 4.34. The monoisotopic (exact) mass is 379 g/mol. The summed E-state index contributed by atoms with van der Waals surface area (Å²) in [5, 5.41) is 6.77. The van der Waals surface area contributed by atoms with Gasteiger partial charge in [0.2, 0.25) is 0 Å². The summed E-state index contributed by atoms with van der Waals surface area (Å²) in [6.45, 7) is 1.85. The molecule has 0 bridgehead atoms. The van der Waals surface area contributed by atoms with E-state index >= 15 is 0 Å². The molecular weight excluding hydrogens is 365 g/mol. The van der Waals surface area contributed by atoms with E-state index in [-0.39, 0.29) is 6.03 Å². The summed E-state index contributed by atoms with van der Waals surface area (Å²) in [6, 6.07) is 16.8. The number of carbonyl (C=O) groups is 1. The van der Waals surface area contributed by atoms with Gasteiger partial charge < -0.3 is 5.32 Å². The molecule has 0 aliphatic carbocycles. The third-order valence-corrected chi connectivity index (χ3v) is 3.34. The molecule has 0 spiro atoms. The number of halogens is 1. The summed E-state index contributed by atoms with van der Waals surface area (Å²) in [7, 11) is 0. The fourth-order valence-electron chi connectivity index (χ4n) is 1.57. The third-order valence-electron chi connectivity index (χ3n) is 2.62. The van der Waals surface area contributed by atoms with Gasteiger partial charge in [-0.15, -0.1) is 0 Å². The quantitative estimate of drug-likeness (QED) is 0.475. The van der Waals surface area contributed by atoms with Crippen LogP contribution in [-0.4, -0.2) is 11.7 Å². The first-order valence-corrected chi connectivity index (χ1v) is 7.15. The molecule has 2 amide bonds. The second kappa shape index (κ2) is 7.04. The van der Waals surface area contributed by atoms with Crippen LogP contribution in [0, 0.1) is 3.57 Å². The maximum atomic E-state index is 11.7. The van der Waals surface area contributed by atoms with E-state index in [1.165, 1.54) is 0 Å². The van der Waals surface area contributed by atoms with E-state index in [9.17, 15) is 4.79 Å². The Balaban J connectivity index is 1.95. The lowest BCUT2D eigenvalue weighted by atomic mass is 10.1. The summed E-state index contributed by atoms with van der Waals surface area (Å²) in [5.41, 5.74) is 4.94. The minimum absolute atomic E-state index is 0.360. The van der Waals surface area contributed by atoms with Crippen molar-refractivity contribution in [1.82, 2.24) is 5.43 Å². The van der Waals surface area contributed by atoms with E-state index < -0.39 is 0 Å². The number of para-hydroxylation sites is 1. The fourth-order valence-corrected chi connectivity index (χ4v) is 1.93. The minimum Gasteiger partial charge on any atom is -0.307 e. The van der Waals surface area contributed by atoms with E-state index in [1.807, 2.05) is 61.5 Å². The minimum atomic E-state index is -0.360. The average Bonchev–Trinajstić information content (AvgIpc) is 2.46. The molecule has 0 saturated heterocycles. The van der Waals surface area contributed by atoms with Crippen LogP contribution >= 0.6 is 22.6 Å². The van der Waals surface area contributed by atoms with E-state index in [4.69, 9.17) is 0 Å². The molecule has 2 aromatic rings. The predicted molar refractivity (Wildman–Crippen MR) is 90.0 cm³/mol. The van der Waals surface area contributed by atoms with E-state index in [1.54, 1.807) is 0 Å². The highest BCUT2D eigenvalue weighted by atomic mass is 127. The molecular formula is C15H14IN3O. The molecule has 2 rings (SSSR count). The number of nitrogens with one attached hydrogen (secondary N) is 2. The first-order valence-electron chi connectivity index (χ1n) is 6.07. The van der Waals surface area contributed by atoms with Crippen molar-refractivity contribution in [3.05, 3.63) is 63.7 Å². The largest absolute Gasteiger partial charge is 0.339 e. The molecule has 0 radical (unpaired) electrons. The van der Waals surface area contributed by atoms with Crippen LogP contribution in [0.15, 0.2) is 59.7 Å². The smallest absolute Gasteiger partial charge is 0.307 e. The highest BCUT2D eigenvalue weighted by Gasteiger charge is 2.01. The molecule has 0 fully saturated rings. The Hall–Kier alpha value is -1.89. The second-order valence-corrected chi connectivity index (χ2v) is 5.38. The number of anilines is 1. The Kier molecular flexibility index (Phi) is 5.11. The topological polar surface area (TPSA) is 53.5 Å². The van der Waals surface area contributed by atoms with Gasteiger partial charge in [-0.25, -0.2) is 10.2 Å². The van der Waals surface area contributed by atoms with E-state index in [0.717, 1.165) is 20.5 Å². The standard InChI is InChI=1S/C15H14IN3O/c1-11(12-7-9-13(16)10-8-12)18-19-15(20)17-14-5-3-2-4-6-14/h2-10H,1H3,(H2,17,19,20)/b18-11-. The lowest BCUT2D eigenvalue weighted by Crippen LogP contribution is -2.25. The Morgan fingerprint density at radius 1 is 1.05 bits per heavy atom. The molecule has 0 unspecified atom stereocenters. The second-order valence-electron chi connectivity index (χ2n) is 4.14. The van der Waals surface area contributed by atoms with Crippen molar-refractivity contribution in [2.75, 3.05) is 5.32 Å². The van der Waals surface area contributed by atoms with Crippen LogP contribution in [-0.2, 0) is 0 Å². The van der Waals surface area contributed by atoms with Crippen LogP contribution < -0.4 is 10.7 Å². The van der Waals surface area contributed by atoms with Crippen LogP contribution in [0.1, 0.15) is 12.5 Å². The molecule has 0 aliphatic rings. The number of hydrogen-bond acceptors (Lipinski definition) is 2. The van der Waals surface area contributed by atoms with Gasteiger partial charge in [-0.2, -0.15) is 5.10 Å². The van der Waals surface area contributed by atoms with Crippen molar-refractivity contribution in [2.45, 2.75) is 6.92 Å². The lowest BCUT2D eigenvalue weighted by molar-refractivity contribution is 0.252. The van der Waals surface area contributed by atoms with Gasteiger partial charge >= 0.3 is 6.03 Å². The van der Waals surface area contributed by atoms with E-state index in [0.29, 0.717) is 0 Å². The average molecular weight is 379 g/mol. The summed E-state index contributed by atoms with van der Waals surface area (Å²) in [4.78, 5) is 11.7. The number of rotatable bonds is 3. The first-order chi connectivity index (χ1) is 9.65. The number of benzene rings is 2. The van der Waals surface area contributed by atoms with Gasteiger partial charge in [0.05, 0.1) is 5.71 Å². The predicted octanol–water partition coefficient (Wildman–Crippen LogP) is 3.84. The lowest BCUT2D eigenvalue weighted by Gasteiger charge is -2.05. The molecule has 0 atom stereocenters. The number of hydrazone groups is 1. The van der Waals surface area contributed by atoms with Crippen molar-refractivity contribution < 1.29 is 4.79 Å². The molecule has 0 heterocycles. The van der Waals surface area contributed by atoms with Gasteiger partial charge in [0.1, 0.15) is 0 Å². The van der Waals surface area contributed by atoms with Gasteiger partial charge in [-0.1, -0.05) is 30.3 Å². The van der Waals surface area contributed by atoms with Gasteiger partial charge in [0.25, 0.3) is 0 Å². The zero-order chi connectivity index (χ0) is 14.4. The van der Waals surface area contributed by atoms with Crippen molar-refractivity contribution >= 4 is 40.0 Å². The van der Waals surface area contributed by atoms with Crippen LogP contribution in [0.2, 0.25) is 0 Å².